The number of amides is 2. The molecular formula is C19H20BrN3O3. The maximum absolute atomic E-state index is 11.9. The lowest BCUT2D eigenvalue weighted by Gasteiger charge is -2.05. The van der Waals surface area contributed by atoms with Crippen LogP contribution in [-0.4, -0.2) is 25.1 Å². The van der Waals surface area contributed by atoms with E-state index in [1.54, 1.807) is 13.3 Å². The summed E-state index contributed by atoms with van der Waals surface area (Å²) < 4.78 is 6.01. The number of hydrogen-bond acceptors (Lipinski definition) is 4. The first-order chi connectivity index (χ1) is 12.6. The van der Waals surface area contributed by atoms with Gasteiger partial charge in [0.1, 0.15) is 5.75 Å². The maximum Gasteiger partial charge on any atom is 0.240 e. The second-order valence-corrected chi connectivity index (χ2v) is 6.40. The zero-order valence-electron chi connectivity index (χ0n) is 14.4. The summed E-state index contributed by atoms with van der Waals surface area (Å²) in [5, 5.41) is 6.70. The molecule has 2 aromatic rings. The topological polar surface area (TPSA) is 79.8 Å². The molecule has 0 radical (unpaired) electrons. The lowest BCUT2D eigenvalue weighted by Crippen LogP contribution is -2.18. The van der Waals surface area contributed by atoms with Crippen LogP contribution in [0.4, 0.5) is 5.69 Å². The van der Waals surface area contributed by atoms with E-state index in [1.165, 1.54) is 0 Å². The van der Waals surface area contributed by atoms with E-state index < -0.39 is 0 Å². The Kier molecular flexibility index (Phi) is 7.82. The molecule has 0 heterocycles. The van der Waals surface area contributed by atoms with E-state index >= 15 is 0 Å². The Bertz CT molecular complexity index is 793. The van der Waals surface area contributed by atoms with Crippen molar-refractivity contribution in [1.29, 1.82) is 0 Å². The SMILES string of the molecule is COc1cccc(/C=N/NC(=O)CCCC(=O)Nc2cccc(Br)c2)c1. The van der Waals surface area contributed by atoms with E-state index in [0.717, 1.165) is 21.5 Å². The molecule has 7 heteroatoms. The van der Waals surface area contributed by atoms with Crippen molar-refractivity contribution in [1.82, 2.24) is 5.43 Å². The molecule has 2 N–H and O–H groups in total. The zero-order valence-corrected chi connectivity index (χ0v) is 16.0. The number of rotatable bonds is 8. The number of anilines is 1. The number of hydrazone groups is 1. The van der Waals surface area contributed by atoms with Crippen molar-refractivity contribution in [3.63, 3.8) is 0 Å². The van der Waals surface area contributed by atoms with E-state index in [0.29, 0.717) is 6.42 Å². The number of nitrogens with zero attached hydrogens (tertiary/aromatic N) is 1. The summed E-state index contributed by atoms with van der Waals surface area (Å²) >= 11 is 3.35. The molecule has 0 unspecified atom stereocenters. The number of halogens is 1. The van der Waals surface area contributed by atoms with Gasteiger partial charge in [-0.05, 0) is 42.3 Å². The number of benzene rings is 2. The fraction of sp³-hybridized carbons (Fsp3) is 0.211. The summed E-state index contributed by atoms with van der Waals surface area (Å²) in [5.41, 5.74) is 3.99. The van der Waals surface area contributed by atoms with Crippen molar-refractivity contribution in [2.45, 2.75) is 19.3 Å². The summed E-state index contributed by atoms with van der Waals surface area (Å²) in [4.78, 5) is 23.6. The molecule has 2 rings (SSSR count). The van der Waals surface area contributed by atoms with Crippen molar-refractivity contribution in [3.8, 4) is 5.75 Å². The van der Waals surface area contributed by atoms with Crippen LogP contribution >= 0.6 is 15.9 Å². The van der Waals surface area contributed by atoms with Crippen LogP contribution in [0.5, 0.6) is 5.75 Å². The van der Waals surface area contributed by atoms with Gasteiger partial charge in [-0.15, -0.1) is 0 Å². The Morgan fingerprint density at radius 2 is 1.88 bits per heavy atom. The van der Waals surface area contributed by atoms with Crippen LogP contribution in [0, 0.1) is 0 Å². The summed E-state index contributed by atoms with van der Waals surface area (Å²) in [6.45, 7) is 0. The number of ether oxygens (including phenoxy) is 1. The standard InChI is InChI=1S/C19H20BrN3O3/c1-26-17-8-2-5-14(11-17)13-21-23-19(25)10-4-9-18(24)22-16-7-3-6-15(20)12-16/h2-3,5-8,11-13H,4,9-10H2,1H3,(H,22,24)(H,23,25)/b21-13+. The number of carbonyl (C=O) groups is 2. The van der Waals surface area contributed by atoms with E-state index in [9.17, 15) is 9.59 Å². The number of hydrogen-bond donors (Lipinski definition) is 2. The number of carbonyl (C=O) groups excluding carboxylic acids is 2. The van der Waals surface area contributed by atoms with Crippen LogP contribution in [0.1, 0.15) is 24.8 Å². The van der Waals surface area contributed by atoms with Gasteiger partial charge >= 0.3 is 0 Å². The minimum Gasteiger partial charge on any atom is -0.497 e. The molecule has 0 bridgehead atoms. The first-order valence-corrected chi connectivity index (χ1v) is 8.87. The minimum atomic E-state index is -0.237. The Labute approximate surface area is 160 Å². The third-order valence-corrected chi connectivity index (χ3v) is 3.91. The maximum atomic E-state index is 11.9. The third-order valence-electron chi connectivity index (χ3n) is 3.41. The highest BCUT2D eigenvalue weighted by Crippen LogP contribution is 2.16. The lowest BCUT2D eigenvalue weighted by atomic mass is 10.2. The van der Waals surface area contributed by atoms with Gasteiger partial charge in [0.2, 0.25) is 11.8 Å². The smallest absolute Gasteiger partial charge is 0.240 e. The summed E-state index contributed by atoms with van der Waals surface area (Å²) in [6.07, 6.45) is 2.47. The van der Waals surface area contributed by atoms with Gasteiger partial charge in [-0.25, -0.2) is 5.43 Å². The predicted octanol–water partition coefficient (Wildman–Crippen LogP) is 3.72. The van der Waals surface area contributed by atoms with E-state index in [2.05, 4.69) is 31.8 Å². The Morgan fingerprint density at radius 1 is 1.12 bits per heavy atom. The highest BCUT2D eigenvalue weighted by molar-refractivity contribution is 9.10. The molecule has 136 valence electrons. The van der Waals surface area contributed by atoms with Crippen molar-refractivity contribution in [2.24, 2.45) is 5.10 Å². The molecule has 0 aliphatic heterocycles. The highest BCUT2D eigenvalue weighted by Gasteiger charge is 2.05. The third kappa shape index (κ3) is 7.06. The fourth-order valence-corrected chi connectivity index (χ4v) is 2.55. The molecule has 0 atom stereocenters. The second kappa shape index (κ2) is 10.4. The van der Waals surface area contributed by atoms with Gasteiger partial charge in [0.25, 0.3) is 0 Å². The second-order valence-electron chi connectivity index (χ2n) is 5.48. The van der Waals surface area contributed by atoms with Crippen molar-refractivity contribution < 1.29 is 14.3 Å². The first kappa shape index (κ1) is 19.7. The summed E-state index contributed by atoms with van der Waals surface area (Å²) in [6, 6.07) is 14.7. The molecule has 0 fully saturated rings. The Hall–Kier alpha value is -2.67. The van der Waals surface area contributed by atoms with Crippen molar-refractivity contribution in [2.75, 3.05) is 12.4 Å². The van der Waals surface area contributed by atoms with E-state index in [4.69, 9.17) is 4.74 Å². The Balaban J connectivity index is 1.68. The highest BCUT2D eigenvalue weighted by atomic mass is 79.9. The Morgan fingerprint density at radius 3 is 2.65 bits per heavy atom. The minimum absolute atomic E-state index is 0.129. The monoisotopic (exact) mass is 417 g/mol. The molecule has 26 heavy (non-hydrogen) atoms. The van der Waals surface area contributed by atoms with Gasteiger partial charge in [0, 0.05) is 23.0 Å². The molecule has 0 saturated carbocycles. The van der Waals surface area contributed by atoms with Crippen molar-refractivity contribution in [3.05, 3.63) is 58.6 Å². The molecular weight excluding hydrogens is 398 g/mol. The number of methoxy groups -OCH3 is 1. The van der Waals surface area contributed by atoms with Gasteiger partial charge in [0.05, 0.1) is 13.3 Å². The van der Waals surface area contributed by atoms with Gasteiger partial charge in [0.15, 0.2) is 0 Å². The van der Waals surface area contributed by atoms with Crippen LogP contribution in [0.25, 0.3) is 0 Å². The molecule has 0 aromatic heterocycles. The normalized spacial score (nSPS) is 10.5. The molecule has 0 spiro atoms. The average molecular weight is 418 g/mol. The van der Waals surface area contributed by atoms with Crippen LogP contribution in [0.15, 0.2) is 58.1 Å². The van der Waals surface area contributed by atoms with Gasteiger partial charge < -0.3 is 10.1 Å². The van der Waals surface area contributed by atoms with Crippen molar-refractivity contribution >= 4 is 39.6 Å². The van der Waals surface area contributed by atoms with Crippen LogP contribution in [0.2, 0.25) is 0 Å². The van der Waals surface area contributed by atoms with Gasteiger partial charge in [-0.3, -0.25) is 9.59 Å². The fourth-order valence-electron chi connectivity index (χ4n) is 2.16. The molecule has 0 aliphatic rings. The zero-order chi connectivity index (χ0) is 18.8. The van der Waals surface area contributed by atoms with E-state index in [-0.39, 0.29) is 24.7 Å². The summed E-state index contributed by atoms with van der Waals surface area (Å²) in [7, 11) is 1.59. The van der Waals surface area contributed by atoms with Crippen LogP contribution < -0.4 is 15.5 Å². The quantitative estimate of drug-likeness (QED) is 0.507. The molecule has 2 amide bonds. The van der Waals surface area contributed by atoms with Gasteiger partial charge in [-0.1, -0.05) is 34.1 Å². The largest absolute Gasteiger partial charge is 0.497 e. The average Bonchev–Trinajstić information content (AvgIpc) is 2.62. The molecule has 0 saturated heterocycles. The molecule has 6 nitrogen and oxygen atoms in total. The predicted molar refractivity (Wildman–Crippen MR) is 105 cm³/mol. The number of nitrogens with one attached hydrogen (secondary N) is 2. The first-order valence-electron chi connectivity index (χ1n) is 8.08. The van der Waals surface area contributed by atoms with E-state index in [1.807, 2.05) is 48.5 Å². The van der Waals surface area contributed by atoms with Crippen LogP contribution in [0.3, 0.4) is 0 Å². The van der Waals surface area contributed by atoms with Crippen LogP contribution in [-0.2, 0) is 9.59 Å². The molecule has 0 aliphatic carbocycles. The molecule has 2 aromatic carbocycles. The lowest BCUT2D eigenvalue weighted by molar-refractivity contribution is -0.121. The van der Waals surface area contributed by atoms with Gasteiger partial charge in [-0.2, -0.15) is 5.10 Å². The summed E-state index contributed by atoms with van der Waals surface area (Å²) in [5.74, 6) is 0.354.